The Kier molecular flexibility index (Phi) is 11.8. The predicted molar refractivity (Wildman–Crippen MR) is 157 cm³/mol. The van der Waals surface area contributed by atoms with E-state index in [9.17, 15) is 0 Å². The van der Waals surface area contributed by atoms with Crippen LogP contribution in [0.25, 0.3) is 0 Å². The lowest BCUT2D eigenvalue weighted by molar-refractivity contribution is 0.156. The average Bonchev–Trinajstić information content (AvgIpc) is 2.97. The molecule has 0 radical (unpaired) electrons. The van der Waals surface area contributed by atoms with Gasteiger partial charge in [0.05, 0.1) is 0 Å². The third-order valence-electron chi connectivity index (χ3n) is 7.65. The molecule has 35 heavy (non-hydrogen) atoms. The summed E-state index contributed by atoms with van der Waals surface area (Å²) in [6.07, 6.45) is 7.89. The number of rotatable bonds is 0. The molecule has 0 heterocycles. The van der Waals surface area contributed by atoms with Crippen LogP contribution >= 0.6 is 0 Å². The Hall–Kier alpha value is -2.34. The second-order valence-electron chi connectivity index (χ2n) is 8.81. The molecular formula is C35H50. The van der Waals surface area contributed by atoms with E-state index >= 15 is 0 Å². The summed E-state index contributed by atoms with van der Waals surface area (Å²) in [7, 11) is 0. The number of fused-ring (bicyclic) bond motifs is 8. The first-order valence-electron chi connectivity index (χ1n) is 14.6. The van der Waals surface area contributed by atoms with Crippen LogP contribution in [0.4, 0.5) is 0 Å². The maximum Gasteiger partial charge on any atom is 0.0490 e. The highest BCUT2D eigenvalue weighted by molar-refractivity contribution is 5.63. The molecule has 0 bridgehead atoms. The summed E-state index contributed by atoms with van der Waals surface area (Å²) in [4.78, 5) is 0. The van der Waals surface area contributed by atoms with Gasteiger partial charge in [-0.1, -0.05) is 141 Å². The summed E-state index contributed by atoms with van der Waals surface area (Å²) in [6, 6.07) is 28.0. The van der Waals surface area contributed by atoms with E-state index in [1.807, 2.05) is 55.4 Å². The van der Waals surface area contributed by atoms with E-state index in [4.69, 9.17) is 0 Å². The average molecular weight is 471 g/mol. The van der Waals surface area contributed by atoms with Gasteiger partial charge in [-0.15, -0.1) is 0 Å². The summed E-state index contributed by atoms with van der Waals surface area (Å²) in [5.74, 6) is 1.54. The standard InChI is InChI=1S/C27H26.4C2H6/c1-5-13-23-19(9-1)17-20-10-2-6-14-24(20)27(23)25-15-7-3-11-21(25)18-22-12-4-8-16-26(22)27;4*1-2/h1-3,5-7,9-11,13-15,22,26H,4,8,12,16-18H2;4*1-2H3. The predicted octanol–water partition coefficient (Wildman–Crippen LogP) is 10.4. The minimum Gasteiger partial charge on any atom is -0.0683 e. The third-order valence-corrected chi connectivity index (χ3v) is 7.65. The molecule has 0 amide bonds. The van der Waals surface area contributed by atoms with Crippen molar-refractivity contribution in [3.8, 4) is 0 Å². The lowest BCUT2D eigenvalue weighted by atomic mass is 9.48. The van der Waals surface area contributed by atoms with Gasteiger partial charge in [-0.3, -0.25) is 0 Å². The Morgan fingerprint density at radius 1 is 0.514 bits per heavy atom. The zero-order chi connectivity index (χ0) is 25.8. The normalized spacial score (nSPS) is 19.5. The van der Waals surface area contributed by atoms with Crippen molar-refractivity contribution in [3.05, 3.63) is 106 Å². The summed E-state index contributed by atoms with van der Waals surface area (Å²) < 4.78 is 0. The highest BCUT2D eigenvalue weighted by Crippen LogP contribution is 2.59. The fourth-order valence-corrected chi connectivity index (χ4v) is 6.75. The van der Waals surface area contributed by atoms with Gasteiger partial charge in [-0.2, -0.15) is 0 Å². The number of benzene rings is 3. The molecule has 1 fully saturated rings. The van der Waals surface area contributed by atoms with Gasteiger partial charge in [0.25, 0.3) is 0 Å². The second-order valence-corrected chi connectivity index (χ2v) is 8.81. The maximum atomic E-state index is 2.44. The maximum absolute atomic E-state index is 2.44. The first kappa shape index (κ1) is 28.9. The molecule has 1 saturated carbocycles. The minimum absolute atomic E-state index is 0.0470. The van der Waals surface area contributed by atoms with Crippen molar-refractivity contribution >= 4 is 0 Å². The minimum atomic E-state index is 0.0470. The van der Waals surface area contributed by atoms with Crippen molar-refractivity contribution in [3.63, 3.8) is 0 Å². The van der Waals surface area contributed by atoms with Crippen LogP contribution in [-0.2, 0) is 18.3 Å². The van der Waals surface area contributed by atoms with Crippen LogP contribution in [0, 0.1) is 11.8 Å². The van der Waals surface area contributed by atoms with Gasteiger partial charge in [0.15, 0.2) is 0 Å². The molecule has 0 heteroatoms. The molecule has 3 aromatic rings. The lowest BCUT2D eigenvalue weighted by Gasteiger charge is -2.54. The van der Waals surface area contributed by atoms with Crippen LogP contribution in [0.1, 0.15) is 114 Å². The molecule has 0 N–H and O–H groups in total. The van der Waals surface area contributed by atoms with Gasteiger partial charge in [-0.05, 0) is 70.9 Å². The molecule has 0 aliphatic heterocycles. The van der Waals surface area contributed by atoms with Crippen LogP contribution in [0.15, 0.2) is 72.8 Å². The Morgan fingerprint density at radius 3 is 1.43 bits per heavy atom. The molecular weight excluding hydrogens is 420 g/mol. The van der Waals surface area contributed by atoms with Crippen LogP contribution in [-0.4, -0.2) is 0 Å². The largest absolute Gasteiger partial charge is 0.0683 e. The molecule has 0 aromatic heterocycles. The van der Waals surface area contributed by atoms with E-state index < -0.39 is 0 Å². The second kappa shape index (κ2) is 14.3. The fraction of sp³-hybridized carbons (Fsp3) is 0.486. The van der Waals surface area contributed by atoms with Crippen LogP contribution in [0.5, 0.6) is 0 Å². The number of hydrogen-bond acceptors (Lipinski definition) is 0. The van der Waals surface area contributed by atoms with Gasteiger partial charge in [0.2, 0.25) is 0 Å². The van der Waals surface area contributed by atoms with Gasteiger partial charge in [0.1, 0.15) is 0 Å². The molecule has 2 unspecified atom stereocenters. The van der Waals surface area contributed by atoms with E-state index in [1.165, 1.54) is 43.2 Å². The highest BCUT2D eigenvalue weighted by Gasteiger charge is 2.53. The Bertz CT molecular complexity index is 966. The molecule has 0 nitrogen and oxygen atoms in total. The van der Waals surface area contributed by atoms with Crippen molar-refractivity contribution in [1.82, 2.24) is 0 Å². The fourth-order valence-electron chi connectivity index (χ4n) is 6.75. The molecule has 3 aromatic carbocycles. The Morgan fingerprint density at radius 2 is 0.914 bits per heavy atom. The molecule has 3 aliphatic rings. The van der Waals surface area contributed by atoms with Crippen molar-refractivity contribution in [2.24, 2.45) is 11.8 Å². The number of hydrogen-bond donors (Lipinski definition) is 0. The molecule has 2 atom stereocenters. The molecule has 0 saturated heterocycles. The topological polar surface area (TPSA) is 0 Å². The zero-order valence-electron chi connectivity index (χ0n) is 23.8. The van der Waals surface area contributed by atoms with Crippen LogP contribution < -0.4 is 0 Å². The van der Waals surface area contributed by atoms with E-state index in [-0.39, 0.29) is 5.41 Å². The Balaban J connectivity index is 0.000000495. The lowest BCUT2D eigenvalue weighted by Crippen LogP contribution is -2.49. The molecule has 1 spiro atoms. The molecule has 3 aliphatic carbocycles. The van der Waals surface area contributed by atoms with Crippen LogP contribution in [0.2, 0.25) is 0 Å². The zero-order valence-corrected chi connectivity index (χ0v) is 23.8. The van der Waals surface area contributed by atoms with Crippen molar-refractivity contribution < 1.29 is 0 Å². The summed E-state index contributed by atoms with van der Waals surface area (Å²) >= 11 is 0. The van der Waals surface area contributed by atoms with Crippen molar-refractivity contribution in [2.75, 3.05) is 0 Å². The first-order valence-corrected chi connectivity index (χ1v) is 14.6. The summed E-state index contributed by atoms with van der Waals surface area (Å²) in [5.41, 5.74) is 9.49. The molecule has 6 rings (SSSR count). The van der Waals surface area contributed by atoms with E-state index in [0.717, 1.165) is 18.3 Å². The van der Waals surface area contributed by atoms with E-state index in [1.54, 1.807) is 22.3 Å². The monoisotopic (exact) mass is 470 g/mol. The first-order chi connectivity index (χ1) is 17.4. The SMILES string of the molecule is CC.CC.CC.CC.c1ccc2c(c1)Cc1ccccc1C21c2ccccc2CC2CCCCC21. The third kappa shape index (κ3) is 5.13. The molecule has 190 valence electrons. The quantitative estimate of drug-likeness (QED) is 0.306. The van der Waals surface area contributed by atoms with E-state index in [2.05, 4.69) is 72.8 Å². The van der Waals surface area contributed by atoms with Crippen LogP contribution in [0.3, 0.4) is 0 Å². The highest BCUT2D eigenvalue weighted by atomic mass is 14.6. The Labute approximate surface area is 217 Å². The van der Waals surface area contributed by atoms with Crippen molar-refractivity contribution in [2.45, 2.75) is 99.3 Å². The van der Waals surface area contributed by atoms with E-state index in [0.29, 0.717) is 0 Å². The smallest absolute Gasteiger partial charge is 0.0490 e. The van der Waals surface area contributed by atoms with Gasteiger partial charge >= 0.3 is 0 Å². The summed E-state index contributed by atoms with van der Waals surface area (Å²) in [5, 5.41) is 0. The summed E-state index contributed by atoms with van der Waals surface area (Å²) in [6.45, 7) is 16.0. The van der Waals surface area contributed by atoms with Crippen molar-refractivity contribution in [1.29, 1.82) is 0 Å². The van der Waals surface area contributed by atoms with Gasteiger partial charge < -0.3 is 0 Å². The van der Waals surface area contributed by atoms with Gasteiger partial charge in [-0.25, -0.2) is 0 Å². The van der Waals surface area contributed by atoms with Gasteiger partial charge in [0, 0.05) is 5.41 Å².